The van der Waals surface area contributed by atoms with Crippen LogP contribution in [0.25, 0.3) is 0 Å². The van der Waals surface area contributed by atoms with E-state index < -0.39 is 11.0 Å². The maximum atomic E-state index is 14.0. The molecule has 0 amide bonds. The molecule has 1 saturated heterocycles. The summed E-state index contributed by atoms with van der Waals surface area (Å²) in [7, 11) is 0. The maximum absolute atomic E-state index is 14.0. The molecule has 38 heavy (non-hydrogen) atoms. The van der Waals surface area contributed by atoms with Gasteiger partial charge in [0.25, 0.3) is 0 Å². The van der Waals surface area contributed by atoms with Crippen molar-refractivity contribution in [1.82, 2.24) is 0 Å². The van der Waals surface area contributed by atoms with E-state index in [2.05, 4.69) is 34.6 Å². The van der Waals surface area contributed by atoms with Gasteiger partial charge >= 0.3 is 11.9 Å². The van der Waals surface area contributed by atoms with Crippen LogP contribution in [0.15, 0.2) is 0 Å². The zero-order chi connectivity index (χ0) is 28.1. The van der Waals surface area contributed by atoms with E-state index in [-0.39, 0.29) is 70.3 Å². The smallest absolute Gasteiger partial charge is 0.306 e. The minimum Gasteiger partial charge on any atom is -0.465 e. The summed E-state index contributed by atoms with van der Waals surface area (Å²) in [6.07, 6.45) is 7.38. The fourth-order valence-corrected chi connectivity index (χ4v) is 11.4. The number of aliphatic hydroxyl groups is 1. The molecule has 0 aromatic carbocycles. The summed E-state index contributed by atoms with van der Waals surface area (Å²) in [4.78, 5) is 38.3. The number of ketones is 1. The predicted octanol–water partition coefficient (Wildman–Crippen LogP) is 5.88. The third kappa shape index (κ3) is 3.37. The zero-order valence-electron chi connectivity index (χ0n) is 24.9. The van der Waals surface area contributed by atoms with Crippen LogP contribution >= 0.6 is 0 Å². The molecular weight excluding hydrogens is 480 g/mol. The van der Waals surface area contributed by atoms with Gasteiger partial charge in [-0.1, -0.05) is 48.5 Å². The first-order valence-electron chi connectivity index (χ1n) is 15.1. The van der Waals surface area contributed by atoms with Gasteiger partial charge in [-0.05, 0) is 79.4 Å². The van der Waals surface area contributed by atoms with Gasteiger partial charge in [0.15, 0.2) is 5.78 Å². The van der Waals surface area contributed by atoms with Gasteiger partial charge in [0.2, 0.25) is 0 Å². The summed E-state index contributed by atoms with van der Waals surface area (Å²) in [6.45, 7) is 17.3. The molecule has 5 aliphatic rings. The Morgan fingerprint density at radius 1 is 0.895 bits per heavy atom. The third-order valence-electron chi connectivity index (χ3n) is 13.4. The topological polar surface area (TPSA) is 89.9 Å². The number of hydrogen-bond donors (Lipinski definition) is 1. The highest BCUT2D eigenvalue weighted by atomic mass is 16.5. The molecule has 5 fully saturated rings. The molecular formula is C32H50O6. The Balaban J connectivity index is 1.55. The number of fused-ring (bicyclic) bond motifs is 5. The predicted molar refractivity (Wildman–Crippen MR) is 144 cm³/mol. The number of cyclic esters (lactones) is 1. The van der Waals surface area contributed by atoms with Crippen LogP contribution in [-0.4, -0.2) is 41.1 Å². The van der Waals surface area contributed by atoms with Crippen molar-refractivity contribution in [3.8, 4) is 0 Å². The van der Waals surface area contributed by atoms with Crippen LogP contribution in [0.3, 0.4) is 0 Å². The Bertz CT molecular complexity index is 1030. The highest BCUT2D eigenvalue weighted by molar-refractivity contribution is 5.92. The Morgan fingerprint density at radius 2 is 1.53 bits per heavy atom. The Labute approximate surface area is 229 Å². The Morgan fingerprint density at radius 3 is 2.11 bits per heavy atom. The molecule has 4 saturated carbocycles. The molecule has 0 radical (unpaired) electrons. The van der Waals surface area contributed by atoms with Crippen molar-refractivity contribution in [2.45, 2.75) is 125 Å². The van der Waals surface area contributed by atoms with E-state index in [1.807, 2.05) is 13.8 Å². The van der Waals surface area contributed by atoms with Gasteiger partial charge in [-0.3, -0.25) is 14.4 Å². The lowest BCUT2D eigenvalue weighted by Crippen LogP contribution is -2.73. The maximum Gasteiger partial charge on any atom is 0.306 e. The van der Waals surface area contributed by atoms with Gasteiger partial charge in [0.05, 0.1) is 11.8 Å². The lowest BCUT2D eigenvalue weighted by molar-refractivity contribution is -0.279. The summed E-state index contributed by atoms with van der Waals surface area (Å²) in [5.41, 5.74) is -2.64. The largest absolute Gasteiger partial charge is 0.465 e. The molecule has 0 aromatic heterocycles. The van der Waals surface area contributed by atoms with Crippen LogP contribution in [-0.2, 0) is 23.9 Å². The number of carbonyl (C=O) groups excluding carboxylic acids is 3. The van der Waals surface area contributed by atoms with Crippen LogP contribution in [0.5, 0.6) is 0 Å². The van der Waals surface area contributed by atoms with E-state index in [9.17, 15) is 19.5 Å². The van der Waals surface area contributed by atoms with Gasteiger partial charge in [-0.15, -0.1) is 0 Å². The van der Waals surface area contributed by atoms with Crippen molar-refractivity contribution in [3.05, 3.63) is 0 Å². The highest BCUT2D eigenvalue weighted by Gasteiger charge is 2.75. The first-order chi connectivity index (χ1) is 17.5. The van der Waals surface area contributed by atoms with Gasteiger partial charge in [-0.2, -0.15) is 0 Å². The van der Waals surface area contributed by atoms with E-state index in [0.717, 1.165) is 44.9 Å². The molecule has 2 unspecified atom stereocenters. The van der Waals surface area contributed by atoms with Crippen LogP contribution < -0.4 is 0 Å². The van der Waals surface area contributed by atoms with Crippen molar-refractivity contribution >= 4 is 17.7 Å². The molecule has 5 rings (SSSR count). The number of ether oxygens (including phenoxy) is 2. The molecule has 1 spiro atoms. The fourth-order valence-electron chi connectivity index (χ4n) is 11.4. The third-order valence-corrected chi connectivity index (χ3v) is 13.4. The van der Waals surface area contributed by atoms with Gasteiger partial charge in [-0.25, -0.2) is 0 Å². The molecule has 6 nitrogen and oxygen atoms in total. The lowest BCUT2D eigenvalue weighted by Gasteiger charge is -2.73. The quantitative estimate of drug-likeness (QED) is 0.459. The first-order valence-corrected chi connectivity index (χ1v) is 15.1. The lowest BCUT2D eigenvalue weighted by atomic mass is 9.31. The molecule has 1 heterocycles. The summed E-state index contributed by atoms with van der Waals surface area (Å²) >= 11 is 0. The molecule has 214 valence electrons. The number of carbonyl (C=O) groups is 3. The SMILES string of the molecule is CC(=O)O[C@H]1CC[C@@]2(C)C(CC[C@]3(C)[C@@H]2CCC2[C@](O)(C(=O)C(C)C)[C@]4(CC[C@]23C)COC(=O)C4)C1(C)C. The normalized spacial score (nSPS) is 49.6. The van der Waals surface area contributed by atoms with E-state index in [0.29, 0.717) is 18.3 Å². The van der Waals surface area contributed by atoms with Gasteiger partial charge in [0.1, 0.15) is 18.3 Å². The number of Topliss-reactive ketones (excluding diaryl/α,β-unsaturated/α-hetero) is 1. The van der Waals surface area contributed by atoms with Crippen LogP contribution in [0.1, 0.15) is 113 Å². The van der Waals surface area contributed by atoms with Crippen molar-refractivity contribution < 1.29 is 29.0 Å². The highest BCUT2D eigenvalue weighted by Crippen LogP contribution is 2.76. The number of esters is 2. The molecule has 1 N–H and O–H groups in total. The van der Waals surface area contributed by atoms with Gasteiger partial charge in [0, 0.05) is 24.2 Å². The summed E-state index contributed by atoms with van der Waals surface area (Å²) in [5.74, 6) is -0.203. The molecule has 0 bridgehead atoms. The monoisotopic (exact) mass is 530 g/mol. The van der Waals surface area contributed by atoms with Crippen molar-refractivity contribution in [1.29, 1.82) is 0 Å². The first kappa shape index (κ1) is 28.1. The van der Waals surface area contributed by atoms with E-state index in [1.54, 1.807) is 0 Å². The van der Waals surface area contributed by atoms with Crippen LogP contribution in [0, 0.1) is 50.7 Å². The molecule has 4 aliphatic carbocycles. The van der Waals surface area contributed by atoms with Gasteiger partial charge < -0.3 is 14.6 Å². The van der Waals surface area contributed by atoms with Crippen LogP contribution in [0.2, 0.25) is 0 Å². The second-order valence-electron chi connectivity index (χ2n) is 15.5. The average molecular weight is 531 g/mol. The second-order valence-corrected chi connectivity index (χ2v) is 15.5. The minimum atomic E-state index is -1.56. The molecule has 9 atom stereocenters. The minimum absolute atomic E-state index is 0.0398. The second kappa shape index (κ2) is 8.54. The average Bonchev–Trinajstić information content (AvgIpc) is 3.21. The van der Waals surface area contributed by atoms with E-state index in [4.69, 9.17) is 9.47 Å². The summed E-state index contributed by atoms with van der Waals surface area (Å²) in [5, 5.41) is 12.7. The summed E-state index contributed by atoms with van der Waals surface area (Å²) in [6, 6.07) is 0. The van der Waals surface area contributed by atoms with Crippen molar-refractivity contribution in [2.75, 3.05) is 6.61 Å². The molecule has 6 heteroatoms. The number of rotatable bonds is 3. The fraction of sp³-hybridized carbons (Fsp3) is 0.906. The van der Waals surface area contributed by atoms with Crippen molar-refractivity contribution in [3.63, 3.8) is 0 Å². The van der Waals surface area contributed by atoms with E-state index >= 15 is 0 Å². The molecule has 0 aromatic rings. The standard InChI is InChI=1S/C32H50O6/c1-19(2)26(35)32(36)23-10-9-22-28(6)13-12-24(38-20(3)33)27(4,5)21(28)11-14-29(22,7)30(23,8)15-16-31(32)17-25(34)37-18-31/h19,21-24,36H,9-18H2,1-8H3/t21?,22-,23?,24+,28+,29-,30-,31+,32+/m1/s1. The molecule has 1 aliphatic heterocycles. The zero-order valence-corrected chi connectivity index (χ0v) is 24.9. The van der Waals surface area contributed by atoms with E-state index in [1.165, 1.54) is 6.92 Å². The van der Waals surface area contributed by atoms with Crippen molar-refractivity contribution in [2.24, 2.45) is 50.7 Å². The Hall–Kier alpha value is -1.43. The Kier molecular flexibility index (Phi) is 6.31. The van der Waals surface area contributed by atoms with Crippen LogP contribution in [0.4, 0.5) is 0 Å². The number of hydrogen-bond acceptors (Lipinski definition) is 6. The summed E-state index contributed by atoms with van der Waals surface area (Å²) < 4.78 is 11.3.